The zero-order valence-electron chi connectivity index (χ0n) is 22.2. The molecule has 0 spiro atoms. The van der Waals surface area contributed by atoms with Crippen LogP contribution in [0.5, 0.6) is 0 Å². The summed E-state index contributed by atoms with van der Waals surface area (Å²) >= 11 is 0. The Morgan fingerprint density at radius 2 is 1.59 bits per heavy atom. The molecule has 3 fully saturated rings. The Balaban J connectivity index is 1.57. The lowest BCUT2D eigenvalue weighted by molar-refractivity contribution is -0.152. The van der Waals surface area contributed by atoms with E-state index in [2.05, 4.69) is 10.6 Å². The number of aliphatic carboxylic acids is 1. The molecule has 37 heavy (non-hydrogen) atoms. The first-order valence-electron chi connectivity index (χ1n) is 13.8. The normalized spacial score (nSPS) is 25.7. The number of carboxylic acid groups (broad SMARTS) is 1. The third-order valence-electron chi connectivity index (χ3n) is 8.50. The van der Waals surface area contributed by atoms with E-state index in [9.17, 15) is 24.3 Å². The molecule has 2 saturated carbocycles. The predicted octanol–water partition coefficient (Wildman–Crippen LogP) is 3.75. The molecule has 3 amide bonds. The van der Waals surface area contributed by atoms with E-state index in [1.54, 1.807) is 29.2 Å². The molecule has 2 aliphatic carbocycles. The summed E-state index contributed by atoms with van der Waals surface area (Å²) in [5, 5.41) is 15.8. The van der Waals surface area contributed by atoms with Crippen molar-refractivity contribution in [2.75, 3.05) is 0 Å². The molecule has 1 aromatic carbocycles. The van der Waals surface area contributed by atoms with E-state index < -0.39 is 29.5 Å². The van der Waals surface area contributed by atoms with Crippen LogP contribution in [0.15, 0.2) is 30.3 Å². The number of carboxylic acids is 1. The summed E-state index contributed by atoms with van der Waals surface area (Å²) in [5.74, 6) is -1.84. The topological polar surface area (TPSA) is 116 Å². The Hall–Kier alpha value is -2.90. The summed E-state index contributed by atoms with van der Waals surface area (Å²) in [6.07, 6.45) is 7.93. The van der Waals surface area contributed by atoms with Gasteiger partial charge in [0.1, 0.15) is 18.1 Å². The van der Waals surface area contributed by atoms with Crippen molar-refractivity contribution in [1.82, 2.24) is 15.5 Å². The summed E-state index contributed by atoms with van der Waals surface area (Å²) < 4.78 is 0. The van der Waals surface area contributed by atoms with Crippen LogP contribution in [0, 0.1) is 17.3 Å². The van der Waals surface area contributed by atoms with Gasteiger partial charge in [-0.15, -0.1) is 0 Å². The van der Waals surface area contributed by atoms with Crippen molar-refractivity contribution in [1.29, 1.82) is 0 Å². The standard InChI is InChI=1S/C29H41N3O5/c1-29(2,3)24(27(35)32-21-16-10-15-20(21)17-22(32)28(36)37)31-26(34)23(18-11-6-4-7-12-18)30-25(33)19-13-8-5-9-14-19/h5,8-9,13-14,18,20-24H,4,6-7,10-12,15-17H2,1-3H3,(H,30,33)(H,31,34)(H,36,37)/t20?,21?,22?,23-,24+/m0/s1. The van der Waals surface area contributed by atoms with E-state index in [0.29, 0.717) is 12.0 Å². The van der Waals surface area contributed by atoms with Crippen LogP contribution < -0.4 is 10.6 Å². The van der Waals surface area contributed by atoms with E-state index >= 15 is 0 Å². The number of rotatable bonds is 7. The maximum atomic E-state index is 14.0. The summed E-state index contributed by atoms with van der Waals surface area (Å²) in [4.78, 5) is 54.5. The van der Waals surface area contributed by atoms with Gasteiger partial charge in [-0.3, -0.25) is 14.4 Å². The summed E-state index contributed by atoms with van der Waals surface area (Å²) in [5.41, 5.74) is -0.166. The number of fused-ring (bicyclic) bond motifs is 1. The van der Waals surface area contributed by atoms with Crippen molar-refractivity contribution in [3.63, 3.8) is 0 Å². The van der Waals surface area contributed by atoms with Crippen LogP contribution in [0.2, 0.25) is 0 Å². The number of amides is 3. The quantitative estimate of drug-likeness (QED) is 0.516. The van der Waals surface area contributed by atoms with Crippen LogP contribution in [-0.2, 0) is 14.4 Å². The highest BCUT2D eigenvalue weighted by molar-refractivity contribution is 5.99. The Kier molecular flexibility index (Phi) is 8.24. The van der Waals surface area contributed by atoms with Gasteiger partial charge < -0.3 is 20.6 Å². The van der Waals surface area contributed by atoms with E-state index in [1.807, 2.05) is 26.8 Å². The molecule has 8 nitrogen and oxygen atoms in total. The lowest BCUT2D eigenvalue weighted by Crippen LogP contribution is -2.62. The van der Waals surface area contributed by atoms with Crippen molar-refractivity contribution >= 4 is 23.7 Å². The molecule has 1 heterocycles. The molecule has 8 heteroatoms. The van der Waals surface area contributed by atoms with Crippen LogP contribution >= 0.6 is 0 Å². The van der Waals surface area contributed by atoms with Gasteiger partial charge in [0.2, 0.25) is 11.8 Å². The second kappa shape index (κ2) is 11.2. The maximum absolute atomic E-state index is 14.0. The minimum absolute atomic E-state index is 0.0186. The fourth-order valence-corrected chi connectivity index (χ4v) is 6.54. The third kappa shape index (κ3) is 5.99. The second-order valence-electron chi connectivity index (χ2n) is 12.1. The monoisotopic (exact) mass is 511 g/mol. The van der Waals surface area contributed by atoms with Crippen LogP contribution in [0.25, 0.3) is 0 Å². The zero-order valence-corrected chi connectivity index (χ0v) is 22.2. The highest BCUT2D eigenvalue weighted by Crippen LogP contribution is 2.42. The molecular weight excluding hydrogens is 470 g/mol. The van der Waals surface area contributed by atoms with Crippen LogP contribution in [0.1, 0.15) is 88.9 Å². The molecule has 0 aromatic heterocycles. The van der Waals surface area contributed by atoms with Crippen LogP contribution in [0.3, 0.4) is 0 Å². The van der Waals surface area contributed by atoms with Crippen LogP contribution in [-0.4, -0.2) is 57.9 Å². The van der Waals surface area contributed by atoms with Gasteiger partial charge >= 0.3 is 5.97 Å². The van der Waals surface area contributed by atoms with Gasteiger partial charge in [0.25, 0.3) is 5.91 Å². The van der Waals surface area contributed by atoms with Crippen molar-refractivity contribution < 1.29 is 24.3 Å². The van der Waals surface area contributed by atoms with Crippen LogP contribution in [0.4, 0.5) is 0 Å². The Bertz CT molecular complexity index is 999. The number of carbonyl (C=O) groups is 4. The van der Waals surface area contributed by atoms with Gasteiger partial charge in [0, 0.05) is 11.6 Å². The number of benzene rings is 1. The zero-order chi connectivity index (χ0) is 26.7. The SMILES string of the molecule is CC(C)(C)[C@H](NC(=O)[C@@H](NC(=O)c1ccccc1)C1CCCCC1)C(=O)N1C(C(=O)O)CC2CCCC21. The Morgan fingerprint density at radius 3 is 2.22 bits per heavy atom. The lowest BCUT2D eigenvalue weighted by atomic mass is 9.82. The van der Waals surface area contributed by atoms with E-state index in [0.717, 1.165) is 51.4 Å². The first kappa shape index (κ1) is 27.1. The van der Waals surface area contributed by atoms with E-state index in [-0.39, 0.29) is 35.6 Å². The molecule has 0 bridgehead atoms. The number of likely N-dealkylation sites (tertiary alicyclic amines) is 1. The molecule has 3 aliphatic rings. The van der Waals surface area contributed by atoms with Gasteiger partial charge in [-0.05, 0) is 61.5 Å². The summed E-state index contributed by atoms with van der Waals surface area (Å²) in [6.45, 7) is 5.64. The molecule has 4 rings (SSSR count). The molecule has 3 N–H and O–H groups in total. The van der Waals surface area contributed by atoms with Gasteiger partial charge in [-0.2, -0.15) is 0 Å². The average Bonchev–Trinajstić information content (AvgIpc) is 3.47. The van der Waals surface area contributed by atoms with Crippen molar-refractivity contribution in [2.24, 2.45) is 17.3 Å². The maximum Gasteiger partial charge on any atom is 0.326 e. The average molecular weight is 512 g/mol. The molecule has 5 atom stereocenters. The highest BCUT2D eigenvalue weighted by Gasteiger charge is 2.52. The van der Waals surface area contributed by atoms with Gasteiger partial charge in [0.05, 0.1) is 0 Å². The molecule has 0 radical (unpaired) electrons. The number of hydrogen-bond acceptors (Lipinski definition) is 4. The first-order valence-corrected chi connectivity index (χ1v) is 13.8. The van der Waals surface area contributed by atoms with Gasteiger partial charge in [-0.25, -0.2) is 4.79 Å². The molecule has 3 unspecified atom stereocenters. The minimum atomic E-state index is -0.989. The number of hydrogen-bond donors (Lipinski definition) is 3. The molecular formula is C29H41N3O5. The molecule has 1 aliphatic heterocycles. The lowest BCUT2D eigenvalue weighted by Gasteiger charge is -2.38. The minimum Gasteiger partial charge on any atom is -0.480 e. The molecule has 1 aromatic rings. The van der Waals surface area contributed by atoms with Crippen molar-refractivity contribution in [3.8, 4) is 0 Å². The number of nitrogens with zero attached hydrogens (tertiary/aromatic N) is 1. The first-order chi connectivity index (χ1) is 17.6. The fourth-order valence-electron chi connectivity index (χ4n) is 6.54. The number of carbonyl (C=O) groups excluding carboxylic acids is 3. The predicted molar refractivity (Wildman–Crippen MR) is 140 cm³/mol. The second-order valence-corrected chi connectivity index (χ2v) is 12.1. The number of nitrogens with one attached hydrogen (secondary N) is 2. The van der Waals surface area contributed by atoms with Gasteiger partial charge in [-0.1, -0.05) is 64.7 Å². The molecule has 202 valence electrons. The largest absolute Gasteiger partial charge is 0.480 e. The summed E-state index contributed by atoms with van der Waals surface area (Å²) in [7, 11) is 0. The highest BCUT2D eigenvalue weighted by atomic mass is 16.4. The van der Waals surface area contributed by atoms with Crippen molar-refractivity contribution in [2.45, 2.75) is 103 Å². The van der Waals surface area contributed by atoms with Gasteiger partial charge in [0.15, 0.2) is 0 Å². The summed E-state index contributed by atoms with van der Waals surface area (Å²) in [6, 6.07) is 6.19. The Morgan fingerprint density at radius 1 is 0.919 bits per heavy atom. The Labute approximate surface area is 219 Å². The third-order valence-corrected chi connectivity index (χ3v) is 8.50. The molecule has 1 saturated heterocycles. The van der Waals surface area contributed by atoms with E-state index in [4.69, 9.17) is 0 Å². The smallest absolute Gasteiger partial charge is 0.326 e. The van der Waals surface area contributed by atoms with Crippen molar-refractivity contribution in [3.05, 3.63) is 35.9 Å². The fraction of sp³-hybridized carbons (Fsp3) is 0.655. The van der Waals surface area contributed by atoms with E-state index in [1.165, 1.54) is 0 Å².